The number of amides is 2. The van der Waals surface area contributed by atoms with Crippen LogP contribution in [-0.4, -0.2) is 18.4 Å². The van der Waals surface area contributed by atoms with E-state index < -0.39 is 5.91 Å². The zero-order valence-corrected chi connectivity index (χ0v) is 16.9. The maximum absolute atomic E-state index is 12.0. The van der Waals surface area contributed by atoms with Crippen LogP contribution in [0.1, 0.15) is 21.5 Å². The summed E-state index contributed by atoms with van der Waals surface area (Å²) in [7, 11) is 0. The van der Waals surface area contributed by atoms with Crippen LogP contribution in [0.5, 0.6) is 5.75 Å². The van der Waals surface area contributed by atoms with Crippen molar-refractivity contribution in [2.75, 3.05) is 6.61 Å². The maximum Gasteiger partial charge on any atom is 0.276 e. The number of rotatable bonds is 4. The minimum absolute atomic E-state index is 0.185. The highest BCUT2D eigenvalue weighted by Gasteiger charge is 2.12. The summed E-state index contributed by atoms with van der Waals surface area (Å²) in [6, 6.07) is 10.9. The number of nitrogens with one attached hydrogen (secondary N) is 2. The molecule has 2 rings (SSSR count). The molecule has 24 heavy (non-hydrogen) atoms. The Balaban J connectivity index is 1.88. The Morgan fingerprint density at radius 1 is 1.12 bits per heavy atom. The van der Waals surface area contributed by atoms with Gasteiger partial charge in [-0.2, -0.15) is 0 Å². The zero-order chi connectivity index (χ0) is 17.7. The van der Waals surface area contributed by atoms with Crippen molar-refractivity contribution in [1.29, 1.82) is 0 Å². The van der Waals surface area contributed by atoms with Gasteiger partial charge in [0.1, 0.15) is 5.75 Å². The second kappa shape index (κ2) is 8.48. The topological polar surface area (TPSA) is 67.4 Å². The van der Waals surface area contributed by atoms with Crippen molar-refractivity contribution in [2.24, 2.45) is 0 Å². The van der Waals surface area contributed by atoms with Crippen molar-refractivity contribution in [1.82, 2.24) is 10.9 Å². The van der Waals surface area contributed by atoms with Crippen molar-refractivity contribution >= 4 is 50.3 Å². The number of benzene rings is 2. The van der Waals surface area contributed by atoms with Crippen molar-refractivity contribution in [2.45, 2.75) is 13.8 Å². The zero-order valence-electron chi connectivity index (χ0n) is 13.2. The molecule has 2 amide bonds. The van der Waals surface area contributed by atoms with Gasteiger partial charge in [0, 0.05) is 8.04 Å². The molecule has 0 aromatic heterocycles. The van der Waals surface area contributed by atoms with Gasteiger partial charge in [0.25, 0.3) is 11.8 Å². The molecule has 0 bridgehead atoms. The van der Waals surface area contributed by atoms with E-state index in [4.69, 9.17) is 4.74 Å². The Morgan fingerprint density at radius 2 is 1.75 bits per heavy atom. The standard InChI is InChI=1S/C17H16BrIN2O3/c1-10-7-12(18)8-11(2)16(10)24-9-15(22)20-21-17(23)13-5-3-4-6-14(13)19/h3-8H,9H2,1-2H3,(H,20,22)(H,21,23). The first-order valence-electron chi connectivity index (χ1n) is 7.11. The Hall–Kier alpha value is -1.61. The van der Waals surface area contributed by atoms with Crippen LogP contribution in [0.2, 0.25) is 0 Å². The molecule has 0 radical (unpaired) electrons. The summed E-state index contributed by atoms with van der Waals surface area (Å²) in [5.74, 6) is -0.141. The first-order valence-corrected chi connectivity index (χ1v) is 8.99. The summed E-state index contributed by atoms with van der Waals surface area (Å²) in [5, 5.41) is 0. The molecule has 0 fully saturated rings. The molecule has 2 aromatic carbocycles. The molecule has 126 valence electrons. The maximum atomic E-state index is 12.0. The van der Waals surface area contributed by atoms with Crippen LogP contribution in [0, 0.1) is 17.4 Å². The van der Waals surface area contributed by atoms with E-state index in [-0.39, 0.29) is 12.5 Å². The summed E-state index contributed by atoms with van der Waals surface area (Å²) in [6.45, 7) is 3.63. The second-order valence-corrected chi connectivity index (χ2v) is 7.22. The number of ether oxygens (including phenoxy) is 1. The number of carbonyl (C=O) groups is 2. The summed E-state index contributed by atoms with van der Waals surface area (Å²) < 4.78 is 7.32. The van der Waals surface area contributed by atoms with E-state index in [1.807, 2.05) is 38.1 Å². The SMILES string of the molecule is Cc1cc(Br)cc(C)c1OCC(=O)NNC(=O)c1ccccc1I. The Bertz CT molecular complexity index is 757. The van der Waals surface area contributed by atoms with Gasteiger partial charge >= 0.3 is 0 Å². The minimum atomic E-state index is -0.434. The Kier molecular flexibility index (Phi) is 6.61. The normalized spacial score (nSPS) is 10.2. The van der Waals surface area contributed by atoms with Gasteiger partial charge in [-0.3, -0.25) is 20.4 Å². The molecule has 0 unspecified atom stereocenters. The molecular formula is C17H16BrIN2O3. The van der Waals surface area contributed by atoms with E-state index in [2.05, 4.69) is 49.4 Å². The van der Waals surface area contributed by atoms with E-state index in [9.17, 15) is 9.59 Å². The van der Waals surface area contributed by atoms with E-state index in [0.29, 0.717) is 11.3 Å². The van der Waals surface area contributed by atoms with Gasteiger partial charge in [0.05, 0.1) is 5.56 Å². The lowest BCUT2D eigenvalue weighted by Gasteiger charge is -2.13. The third-order valence-corrected chi connectivity index (χ3v) is 4.61. The predicted molar refractivity (Wildman–Crippen MR) is 104 cm³/mol. The highest BCUT2D eigenvalue weighted by molar-refractivity contribution is 14.1. The van der Waals surface area contributed by atoms with Crippen LogP contribution in [0.15, 0.2) is 40.9 Å². The summed E-state index contributed by atoms with van der Waals surface area (Å²) in [4.78, 5) is 23.9. The van der Waals surface area contributed by atoms with Crippen molar-refractivity contribution in [3.05, 3.63) is 61.1 Å². The fraction of sp³-hybridized carbons (Fsp3) is 0.176. The van der Waals surface area contributed by atoms with Crippen LogP contribution in [-0.2, 0) is 4.79 Å². The van der Waals surface area contributed by atoms with Gasteiger partial charge in [0.15, 0.2) is 6.61 Å². The van der Waals surface area contributed by atoms with Crippen LogP contribution >= 0.6 is 38.5 Å². The van der Waals surface area contributed by atoms with E-state index in [1.165, 1.54) is 0 Å². The second-order valence-electron chi connectivity index (χ2n) is 5.14. The highest BCUT2D eigenvalue weighted by atomic mass is 127. The lowest BCUT2D eigenvalue weighted by Crippen LogP contribution is -2.44. The fourth-order valence-electron chi connectivity index (χ4n) is 2.14. The number of hydrogen-bond acceptors (Lipinski definition) is 3. The van der Waals surface area contributed by atoms with E-state index in [0.717, 1.165) is 19.2 Å². The third kappa shape index (κ3) is 4.94. The fourth-order valence-corrected chi connectivity index (χ4v) is 3.46. The monoisotopic (exact) mass is 502 g/mol. The lowest BCUT2D eigenvalue weighted by atomic mass is 10.1. The average molecular weight is 503 g/mol. The molecule has 5 nitrogen and oxygen atoms in total. The highest BCUT2D eigenvalue weighted by Crippen LogP contribution is 2.27. The molecule has 2 aromatic rings. The largest absolute Gasteiger partial charge is 0.483 e. The number of halogens is 2. The van der Waals surface area contributed by atoms with Gasteiger partial charge in [-0.15, -0.1) is 0 Å². The van der Waals surface area contributed by atoms with Crippen LogP contribution in [0.4, 0.5) is 0 Å². The van der Waals surface area contributed by atoms with Gasteiger partial charge in [-0.05, 0) is 71.8 Å². The van der Waals surface area contributed by atoms with Crippen molar-refractivity contribution < 1.29 is 14.3 Å². The molecule has 0 aliphatic carbocycles. The minimum Gasteiger partial charge on any atom is -0.483 e. The van der Waals surface area contributed by atoms with Gasteiger partial charge in [-0.1, -0.05) is 28.1 Å². The molecule has 0 atom stereocenters. The Labute approximate surface area is 162 Å². The van der Waals surface area contributed by atoms with Crippen molar-refractivity contribution in [3.8, 4) is 5.75 Å². The molecular weight excluding hydrogens is 487 g/mol. The van der Waals surface area contributed by atoms with Crippen LogP contribution in [0.3, 0.4) is 0 Å². The average Bonchev–Trinajstić information content (AvgIpc) is 2.52. The van der Waals surface area contributed by atoms with Crippen molar-refractivity contribution in [3.63, 3.8) is 0 Å². The first-order chi connectivity index (χ1) is 11.4. The van der Waals surface area contributed by atoms with Crippen LogP contribution in [0.25, 0.3) is 0 Å². The molecule has 0 spiro atoms. The quantitative estimate of drug-likeness (QED) is 0.496. The van der Waals surface area contributed by atoms with E-state index >= 15 is 0 Å². The first kappa shape index (κ1) is 18.7. The molecule has 0 saturated carbocycles. The summed E-state index contributed by atoms with van der Waals surface area (Å²) in [6.07, 6.45) is 0. The smallest absolute Gasteiger partial charge is 0.276 e. The third-order valence-electron chi connectivity index (χ3n) is 3.21. The summed E-state index contributed by atoms with van der Waals surface area (Å²) >= 11 is 5.48. The number of hydrogen-bond donors (Lipinski definition) is 2. The molecule has 2 N–H and O–H groups in total. The molecule has 0 saturated heterocycles. The van der Waals surface area contributed by atoms with Gasteiger partial charge in [0.2, 0.25) is 0 Å². The molecule has 0 heterocycles. The Morgan fingerprint density at radius 3 is 2.38 bits per heavy atom. The summed E-state index contributed by atoms with van der Waals surface area (Å²) in [5.41, 5.74) is 7.09. The number of hydrazine groups is 1. The molecule has 0 aliphatic heterocycles. The van der Waals surface area contributed by atoms with Crippen LogP contribution < -0.4 is 15.6 Å². The van der Waals surface area contributed by atoms with Gasteiger partial charge < -0.3 is 4.74 Å². The van der Waals surface area contributed by atoms with E-state index in [1.54, 1.807) is 12.1 Å². The lowest BCUT2D eigenvalue weighted by molar-refractivity contribution is -0.123. The predicted octanol–water partition coefficient (Wildman–Crippen LogP) is 3.51. The molecule has 7 heteroatoms. The van der Waals surface area contributed by atoms with Gasteiger partial charge in [-0.25, -0.2) is 0 Å². The number of aryl methyl sites for hydroxylation is 2. The number of carbonyl (C=O) groups excluding carboxylic acids is 2. The molecule has 0 aliphatic rings.